The van der Waals surface area contributed by atoms with Crippen LogP contribution in [0.4, 0.5) is 5.69 Å². The Labute approximate surface area is 128 Å². The highest BCUT2D eigenvalue weighted by Gasteiger charge is 2.24. The number of carbonyl (C=O) groups is 1. The topological polar surface area (TPSA) is 95.5 Å². The van der Waals surface area contributed by atoms with Gasteiger partial charge in [0.05, 0.1) is 0 Å². The summed E-state index contributed by atoms with van der Waals surface area (Å²) >= 11 is 0. The highest BCUT2D eigenvalue weighted by molar-refractivity contribution is 7.93. The van der Waals surface area contributed by atoms with Gasteiger partial charge in [-0.25, -0.2) is 13.9 Å². The summed E-state index contributed by atoms with van der Waals surface area (Å²) in [5, 5.41) is 7.69. The lowest BCUT2D eigenvalue weighted by Crippen LogP contribution is -2.27. The largest absolute Gasteiger partial charge is 0.288 e. The summed E-state index contributed by atoms with van der Waals surface area (Å²) in [5.74, 6) is -0.679. The van der Waals surface area contributed by atoms with E-state index in [0.29, 0.717) is 17.7 Å². The average molecular weight is 320 g/mol. The lowest BCUT2D eigenvalue weighted by molar-refractivity contribution is -0.124. The van der Waals surface area contributed by atoms with E-state index in [-0.39, 0.29) is 0 Å². The summed E-state index contributed by atoms with van der Waals surface area (Å²) in [5.41, 5.74) is 2.55. The van der Waals surface area contributed by atoms with Crippen LogP contribution in [0.5, 0.6) is 0 Å². The van der Waals surface area contributed by atoms with Gasteiger partial charge in [0.15, 0.2) is 0 Å². The van der Waals surface area contributed by atoms with E-state index in [1.165, 1.54) is 11.6 Å². The minimum Gasteiger partial charge on any atom is -0.288 e. The van der Waals surface area contributed by atoms with E-state index < -0.39 is 21.2 Å². The Morgan fingerprint density at radius 2 is 2.00 bits per heavy atom. The van der Waals surface area contributed by atoms with Crippen molar-refractivity contribution in [3.05, 3.63) is 66.3 Å². The Kier molecular flexibility index (Phi) is 5.13. The van der Waals surface area contributed by atoms with Gasteiger partial charge >= 0.3 is 0 Å². The van der Waals surface area contributed by atoms with E-state index in [4.69, 9.17) is 5.21 Å². The number of hydroxylamine groups is 1. The van der Waals surface area contributed by atoms with Crippen LogP contribution in [0, 0.1) is 0 Å². The number of rotatable bonds is 5. The van der Waals surface area contributed by atoms with Crippen molar-refractivity contribution in [3.63, 3.8) is 0 Å². The van der Waals surface area contributed by atoms with Crippen LogP contribution in [0.15, 0.2) is 66.3 Å². The van der Waals surface area contributed by atoms with E-state index >= 15 is 0 Å². The molecule has 2 rings (SSSR count). The van der Waals surface area contributed by atoms with Gasteiger partial charge in [-0.2, -0.15) is 0 Å². The zero-order chi connectivity index (χ0) is 16.0. The highest BCUT2D eigenvalue weighted by atomic mass is 32.2. The molecule has 0 aliphatic heterocycles. The molecule has 3 N–H and O–H groups in total. The first kappa shape index (κ1) is 16.0. The van der Waals surface area contributed by atoms with Gasteiger partial charge in [-0.15, -0.1) is 0 Å². The molecule has 0 radical (unpaired) electrons. The first-order chi connectivity index (χ1) is 10.5. The average Bonchev–Trinajstić information content (AvgIpc) is 2.53. The maximum atomic E-state index is 12.4. The van der Waals surface area contributed by atoms with Crippen molar-refractivity contribution in [1.82, 2.24) is 5.48 Å². The first-order valence-electron chi connectivity index (χ1n) is 6.58. The number of hydrogen-bond acceptors (Lipinski definition) is 4. The number of allylic oxidation sites excluding steroid dienone is 4. The van der Waals surface area contributed by atoms with Crippen LogP contribution in [0.25, 0.3) is 0 Å². The summed E-state index contributed by atoms with van der Waals surface area (Å²) in [6.45, 7) is 0. The molecule has 7 heteroatoms. The van der Waals surface area contributed by atoms with Crippen LogP contribution >= 0.6 is 0 Å². The molecule has 1 amide bonds. The van der Waals surface area contributed by atoms with E-state index in [1.807, 2.05) is 0 Å². The third-order valence-electron chi connectivity index (χ3n) is 3.03. The summed E-state index contributed by atoms with van der Waals surface area (Å²) < 4.78 is 27.3. The third kappa shape index (κ3) is 4.31. The van der Waals surface area contributed by atoms with Gasteiger partial charge in [0, 0.05) is 11.8 Å². The molecule has 1 aromatic rings. The number of hydrogen-bond donors (Lipinski definition) is 3. The van der Waals surface area contributed by atoms with Crippen LogP contribution in [0.1, 0.15) is 6.42 Å². The SMILES string of the molecule is O=C(/C=C/C1=CC(S(=O)(=O)Nc2ccccc2)CC=C1)NO. The van der Waals surface area contributed by atoms with Crippen molar-refractivity contribution in [3.8, 4) is 0 Å². The minimum atomic E-state index is -3.57. The standard InChI is InChI=1S/C15H16N2O4S/c18-15(16-19)10-9-12-5-4-8-14(11-12)22(20,21)17-13-6-2-1-3-7-13/h1-7,9-11,14,17,19H,8H2,(H,16,18)/b10-9+. The molecule has 0 fully saturated rings. The fourth-order valence-corrected chi connectivity index (χ4v) is 3.28. The number of sulfonamides is 1. The lowest BCUT2D eigenvalue weighted by atomic mass is 10.1. The maximum Gasteiger partial charge on any atom is 0.267 e. The second-order valence-corrected chi connectivity index (χ2v) is 6.57. The van der Waals surface area contributed by atoms with E-state index in [2.05, 4.69) is 4.72 Å². The second kappa shape index (κ2) is 7.06. The summed E-state index contributed by atoms with van der Waals surface area (Å²) in [6.07, 6.45) is 7.92. The number of nitrogens with one attached hydrogen (secondary N) is 2. The van der Waals surface area contributed by atoms with Gasteiger partial charge in [-0.05, 0) is 30.2 Å². The summed E-state index contributed by atoms with van der Waals surface area (Å²) in [6, 6.07) is 8.64. The molecule has 6 nitrogen and oxygen atoms in total. The first-order valence-corrected chi connectivity index (χ1v) is 8.13. The number of anilines is 1. The number of para-hydroxylation sites is 1. The van der Waals surface area contributed by atoms with E-state index in [0.717, 1.165) is 6.08 Å². The van der Waals surface area contributed by atoms with Crippen molar-refractivity contribution in [2.75, 3.05) is 4.72 Å². The van der Waals surface area contributed by atoms with Crippen molar-refractivity contribution in [2.24, 2.45) is 0 Å². The molecule has 1 aliphatic carbocycles. The predicted molar refractivity (Wildman–Crippen MR) is 83.7 cm³/mol. The van der Waals surface area contributed by atoms with Gasteiger partial charge in [-0.1, -0.05) is 36.4 Å². The molecule has 1 unspecified atom stereocenters. The van der Waals surface area contributed by atoms with Gasteiger partial charge < -0.3 is 0 Å². The normalized spacial score (nSPS) is 18.0. The van der Waals surface area contributed by atoms with E-state index in [9.17, 15) is 13.2 Å². The Morgan fingerprint density at radius 3 is 2.68 bits per heavy atom. The van der Waals surface area contributed by atoms with Crippen molar-refractivity contribution in [2.45, 2.75) is 11.7 Å². The Hall–Kier alpha value is -2.38. The van der Waals surface area contributed by atoms with E-state index in [1.54, 1.807) is 48.6 Å². The molecule has 0 spiro atoms. The van der Waals surface area contributed by atoms with Gasteiger partial charge in [0.25, 0.3) is 5.91 Å². The van der Waals surface area contributed by atoms with Crippen molar-refractivity contribution < 1.29 is 18.4 Å². The molecule has 0 saturated heterocycles. The van der Waals surface area contributed by atoms with Crippen LogP contribution in [0.3, 0.4) is 0 Å². The summed E-state index contributed by atoms with van der Waals surface area (Å²) in [4.78, 5) is 10.9. The molecule has 1 atom stereocenters. The zero-order valence-electron chi connectivity index (χ0n) is 11.6. The summed E-state index contributed by atoms with van der Waals surface area (Å²) in [7, 11) is -3.57. The number of benzene rings is 1. The van der Waals surface area contributed by atoms with Crippen molar-refractivity contribution in [1.29, 1.82) is 0 Å². The van der Waals surface area contributed by atoms with Gasteiger partial charge in [0.1, 0.15) is 5.25 Å². The molecule has 0 bridgehead atoms. The monoisotopic (exact) mass is 320 g/mol. The van der Waals surface area contributed by atoms with Gasteiger partial charge in [0.2, 0.25) is 10.0 Å². The molecule has 0 heterocycles. The quantitative estimate of drug-likeness (QED) is 0.437. The molecular formula is C15H16N2O4S. The molecule has 0 aromatic heterocycles. The number of carbonyl (C=O) groups excluding carboxylic acids is 1. The molecule has 1 aromatic carbocycles. The molecular weight excluding hydrogens is 304 g/mol. The van der Waals surface area contributed by atoms with Gasteiger partial charge in [-0.3, -0.25) is 14.7 Å². The molecule has 22 heavy (non-hydrogen) atoms. The minimum absolute atomic E-state index is 0.353. The molecule has 1 aliphatic rings. The highest BCUT2D eigenvalue weighted by Crippen LogP contribution is 2.20. The number of amides is 1. The molecule has 116 valence electrons. The fraction of sp³-hybridized carbons (Fsp3) is 0.133. The zero-order valence-corrected chi connectivity index (χ0v) is 12.5. The third-order valence-corrected chi connectivity index (χ3v) is 4.67. The van der Waals surface area contributed by atoms with Crippen molar-refractivity contribution >= 4 is 21.6 Å². The maximum absolute atomic E-state index is 12.4. The Balaban J connectivity index is 2.14. The second-order valence-electron chi connectivity index (χ2n) is 4.67. The van der Waals surface area contributed by atoms with Crippen LogP contribution in [-0.4, -0.2) is 24.8 Å². The Bertz CT molecular complexity index is 721. The van der Waals surface area contributed by atoms with Crippen LogP contribution in [-0.2, 0) is 14.8 Å². The predicted octanol–water partition coefficient (Wildman–Crippen LogP) is 1.74. The lowest BCUT2D eigenvalue weighted by Gasteiger charge is -2.17. The van der Waals surface area contributed by atoms with Crippen LogP contribution < -0.4 is 10.2 Å². The smallest absolute Gasteiger partial charge is 0.267 e. The van der Waals surface area contributed by atoms with Crippen LogP contribution in [0.2, 0.25) is 0 Å². The molecule has 0 saturated carbocycles. The fourth-order valence-electron chi connectivity index (χ4n) is 1.96. The Morgan fingerprint density at radius 1 is 1.27 bits per heavy atom.